The molecular weight excluding hydrogens is 320 g/mol. The van der Waals surface area contributed by atoms with Crippen LogP contribution in [0.1, 0.15) is 0 Å². The first kappa shape index (κ1) is 14.6. The van der Waals surface area contributed by atoms with Crippen LogP contribution < -0.4 is 10.1 Å². The fourth-order valence-corrected chi connectivity index (χ4v) is 1.67. The summed E-state index contributed by atoms with van der Waals surface area (Å²) in [5.41, 5.74) is 0. The molecule has 0 amide bonds. The van der Waals surface area contributed by atoms with Gasteiger partial charge in [0.2, 0.25) is 5.28 Å². The van der Waals surface area contributed by atoms with Gasteiger partial charge in [-0.1, -0.05) is 11.6 Å². The predicted molar refractivity (Wildman–Crippen MR) is 66.3 cm³/mol. The Kier molecular flexibility index (Phi) is 4.15. The molecule has 1 N–H and O–H groups in total. The van der Waals surface area contributed by atoms with Crippen molar-refractivity contribution in [2.75, 3.05) is 5.32 Å². The van der Waals surface area contributed by atoms with Gasteiger partial charge in [-0.25, -0.2) is 15.0 Å². The lowest BCUT2D eigenvalue weighted by atomic mass is 10.4. The van der Waals surface area contributed by atoms with Gasteiger partial charge in [-0.15, -0.1) is 13.2 Å². The zero-order valence-corrected chi connectivity index (χ0v) is 11.0. The number of ether oxygens (including phenoxy) is 1. The van der Waals surface area contributed by atoms with Crippen molar-refractivity contribution in [1.82, 2.24) is 15.0 Å². The molecule has 0 bridgehead atoms. The van der Waals surface area contributed by atoms with E-state index in [1.54, 1.807) is 0 Å². The summed E-state index contributed by atoms with van der Waals surface area (Å²) in [6.07, 6.45) is -3.63. The third-order valence-electron chi connectivity index (χ3n) is 1.89. The molecule has 0 aliphatic rings. The average molecular weight is 325 g/mol. The standard InChI is InChI=1S/C10H5Cl2F3N4O/c11-6-4-8(19-9(12)17-6)18-7-3-5(1-2-16-7)20-10(13,14)15/h1-4H,(H,16,17,18,19). The Labute approximate surface area is 120 Å². The number of aromatic nitrogens is 3. The van der Waals surface area contributed by atoms with Crippen LogP contribution in [0.5, 0.6) is 5.75 Å². The van der Waals surface area contributed by atoms with Crippen molar-refractivity contribution in [3.05, 3.63) is 34.8 Å². The number of rotatable bonds is 3. The fraction of sp³-hybridized carbons (Fsp3) is 0.100. The van der Waals surface area contributed by atoms with Crippen molar-refractivity contribution in [1.29, 1.82) is 0 Å². The normalized spacial score (nSPS) is 11.2. The summed E-state index contributed by atoms with van der Waals surface area (Å²) in [7, 11) is 0. The minimum Gasteiger partial charge on any atom is -0.406 e. The van der Waals surface area contributed by atoms with Crippen molar-refractivity contribution >= 4 is 34.8 Å². The first-order valence-corrected chi connectivity index (χ1v) is 5.76. The largest absolute Gasteiger partial charge is 0.573 e. The highest BCUT2D eigenvalue weighted by Crippen LogP contribution is 2.25. The molecule has 2 aromatic heterocycles. The van der Waals surface area contributed by atoms with Crippen molar-refractivity contribution in [3.63, 3.8) is 0 Å². The quantitative estimate of drug-likeness (QED) is 0.687. The van der Waals surface area contributed by atoms with Crippen LogP contribution in [0.4, 0.5) is 24.8 Å². The van der Waals surface area contributed by atoms with Gasteiger partial charge < -0.3 is 10.1 Å². The molecule has 0 radical (unpaired) electrons. The molecule has 0 aliphatic carbocycles. The van der Waals surface area contributed by atoms with Gasteiger partial charge in [0.25, 0.3) is 0 Å². The second-order valence-corrected chi connectivity index (χ2v) is 4.12. The molecule has 0 spiro atoms. The van der Waals surface area contributed by atoms with E-state index in [1.807, 2.05) is 0 Å². The number of halogens is 5. The molecule has 0 unspecified atom stereocenters. The molecule has 2 aromatic rings. The lowest BCUT2D eigenvalue weighted by molar-refractivity contribution is -0.274. The lowest BCUT2D eigenvalue weighted by Gasteiger charge is -2.10. The van der Waals surface area contributed by atoms with Gasteiger partial charge in [-0.2, -0.15) is 0 Å². The number of nitrogens with one attached hydrogen (secondary N) is 1. The Morgan fingerprint density at radius 1 is 1.10 bits per heavy atom. The summed E-state index contributed by atoms with van der Waals surface area (Å²) in [6.45, 7) is 0. The zero-order chi connectivity index (χ0) is 14.8. The maximum absolute atomic E-state index is 12.1. The monoisotopic (exact) mass is 324 g/mol. The molecule has 2 heterocycles. The molecule has 0 atom stereocenters. The van der Waals surface area contributed by atoms with E-state index in [-0.39, 0.29) is 22.1 Å². The maximum atomic E-state index is 12.1. The minimum absolute atomic E-state index is 0.0789. The lowest BCUT2D eigenvalue weighted by Crippen LogP contribution is -2.17. The molecule has 0 aliphatic heterocycles. The molecule has 106 valence electrons. The Morgan fingerprint density at radius 2 is 1.85 bits per heavy atom. The number of alkyl halides is 3. The van der Waals surface area contributed by atoms with E-state index in [4.69, 9.17) is 23.2 Å². The minimum atomic E-state index is -4.78. The third kappa shape index (κ3) is 4.39. The Bertz CT molecular complexity index is 603. The highest BCUT2D eigenvalue weighted by atomic mass is 35.5. The zero-order valence-electron chi connectivity index (χ0n) is 9.45. The Balaban J connectivity index is 2.19. The van der Waals surface area contributed by atoms with E-state index in [0.717, 1.165) is 18.3 Å². The van der Waals surface area contributed by atoms with Crippen LogP contribution >= 0.6 is 23.2 Å². The summed E-state index contributed by atoms with van der Waals surface area (Å²) >= 11 is 11.3. The molecule has 5 nitrogen and oxygen atoms in total. The number of anilines is 2. The van der Waals surface area contributed by atoms with Crippen LogP contribution in [-0.4, -0.2) is 21.3 Å². The van der Waals surface area contributed by atoms with Crippen LogP contribution in [0.15, 0.2) is 24.4 Å². The van der Waals surface area contributed by atoms with E-state index in [1.165, 1.54) is 6.07 Å². The molecule has 10 heteroatoms. The van der Waals surface area contributed by atoms with Gasteiger partial charge in [0, 0.05) is 18.3 Å². The Morgan fingerprint density at radius 3 is 2.50 bits per heavy atom. The highest BCUT2D eigenvalue weighted by Gasteiger charge is 2.31. The first-order valence-electron chi connectivity index (χ1n) is 5.01. The fourth-order valence-electron chi connectivity index (χ4n) is 1.26. The van der Waals surface area contributed by atoms with Gasteiger partial charge in [0.15, 0.2) is 0 Å². The summed E-state index contributed by atoms with van der Waals surface area (Å²) in [5.74, 6) is -0.148. The number of hydrogen-bond donors (Lipinski definition) is 1. The predicted octanol–water partition coefficient (Wildman–Crippen LogP) is 3.82. The van der Waals surface area contributed by atoms with Crippen LogP contribution in [0.2, 0.25) is 10.4 Å². The summed E-state index contributed by atoms with van der Waals surface area (Å²) < 4.78 is 40.0. The smallest absolute Gasteiger partial charge is 0.406 e. The average Bonchev–Trinajstić information content (AvgIpc) is 2.25. The van der Waals surface area contributed by atoms with Crippen molar-refractivity contribution in [3.8, 4) is 5.75 Å². The summed E-state index contributed by atoms with van der Waals surface area (Å²) in [4.78, 5) is 11.2. The Hall–Kier alpha value is -1.80. The number of nitrogens with zero attached hydrogens (tertiary/aromatic N) is 3. The van der Waals surface area contributed by atoms with E-state index >= 15 is 0 Å². The van der Waals surface area contributed by atoms with Crippen LogP contribution in [0.3, 0.4) is 0 Å². The van der Waals surface area contributed by atoms with Crippen molar-refractivity contribution < 1.29 is 17.9 Å². The van der Waals surface area contributed by atoms with Crippen molar-refractivity contribution in [2.45, 2.75) is 6.36 Å². The molecule has 2 rings (SSSR count). The van der Waals surface area contributed by atoms with E-state index < -0.39 is 12.1 Å². The first-order chi connectivity index (χ1) is 9.32. The van der Waals surface area contributed by atoms with Crippen LogP contribution in [0.25, 0.3) is 0 Å². The third-order valence-corrected chi connectivity index (χ3v) is 2.25. The molecular formula is C10H5Cl2F3N4O. The van der Waals surface area contributed by atoms with Gasteiger partial charge in [0.05, 0.1) is 0 Å². The van der Waals surface area contributed by atoms with Gasteiger partial charge in [-0.05, 0) is 17.7 Å². The molecule has 20 heavy (non-hydrogen) atoms. The summed E-state index contributed by atoms with van der Waals surface area (Å²) in [6, 6.07) is 3.46. The van der Waals surface area contributed by atoms with Gasteiger partial charge in [-0.3, -0.25) is 0 Å². The van der Waals surface area contributed by atoms with E-state index in [0.29, 0.717) is 0 Å². The van der Waals surface area contributed by atoms with Crippen LogP contribution in [-0.2, 0) is 0 Å². The van der Waals surface area contributed by atoms with Gasteiger partial charge in [0.1, 0.15) is 22.5 Å². The highest BCUT2D eigenvalue weighted by molar-refractivity contribution is 6.32. The molecule has 0 saturated heterocycles. The molecule has 0 saturated carbocycles. The second kappa shape index (κ2) is 5.68. The second-order valence-electron chi connectivity index (χ2n) is 3.39. The summed E-state index contributed by atoms with van der Waals surface area (Å²) in [5, 5.41) is 2.60. The van der Waals surface area contributed by atoms with E-state index in [2.05, 4.69) is 25.0 Å². The van der Waals surface area contributed by atoms with Crippen molar-refractivity contribution in [2.24, 2.45) is 0 Å². The number of pyridine rings is 1. The van der Waals surface area contributed by atoms with Gasteiger partial charge >= 0.3 is 6.36 Å². The SMILES string of the molecule is FC(F)(F)Oc1ccnc(Nc2cc(Cl)nc(Cl)n2)c1. The topological polar surface area (TPSA) is 59.9 Å². The van der Waals surface area contributed by atoms with E-state index in [9.17, 15) is 13.2 Å². The molecule has 0 aromatic carbocycles. The van der Waals surface area contributed by atoms with Crippen LogP contribution in [0, 0.1) is 0 Å². The maximum Gasteiger partial charge on any atom is 0.573 e. The number of hydrogen-bond acceptors (Lipinski definition) is 5. The molecule has 0 fully saturated rings.